The van der Waals surface area contributed by atoms with E-state index in [-0.39, 0.29) is 12.1 Å². The number of anilines is 1. The van der Waals surface area contributed by atoms with Gasteiger partial charge in [-0.1, -0.05) is 6.92 Å². The highest BCUT2D eigenvalue weighted by atomic mass is 127. The molecule has 0 aliphatic rings. The largest absolute Gasteiger partial charge is 0.301 e. The summed E-state index contributed by atoms with van der Waals surface area (Å²) in [6.07, 6.45) is 2.94. The maximum Gasteiger partial charge on any atom is 0.301 e. The summed E-state index contributed by atoms with van der Waals surface area (Å²) in [7, 11) is -2.75. The van der Waals surface area contributed by atoms with Crippen molar-refractivity contribution in [1.82, 2.24) is 12.1 Å². The molecule has 1 aromatic carbocycles. The third kappa shape index (κ3) is 4.15. The minimum absolute atomic E-state index is 0.0340. The van der Waals surface area contributed by atoms with E-state index in [1.807, 2.05) is 27.6 Å². The number of nitrogens with zero attached hydrogens (tertiary/aromatic N) is 3. The lowest BCUT2D eigenvalue weighted by Crippen LogP contribution is -2.32. The van der Waals surface area contributed by atoms with Crippen LogP contribution in [0.4, 0.5) is 14.5 Å². The minimum atomic E-state index is -4.05. The summed E-state index contributed by atoms with van der Waals surface area (Å²) in [5, 5.41) is 0.397. The number of halogens is 4. The number of rotatable bonds is 6. The van der Waals surface area contributed by atoms with E-state index in [2.05, 4.69) is 20.9 Å². The number of pyridine rings is 1. The fourth-order valence-electron chi connectivity index (χ4n) is 2.59. The summed E-state index contributed by atoms with van der Waals surface area (Å²) in [6.45, 7) is 1.74. The van der Waals surface area contributed by atoms with Crippen LogP contribution in [0.25, 0.3) is 11.0 Å². The van der Waals surface area contributed by atoms with Gasteiger partial charge < -0.3 is 0 Å². The lowest BCUT2D eigenvalue weighted by molar-refractivity contribution is 0.103. The fourth-order valence-corrected chi connectivity index (χ4v) is 4.51. The smallest absolute Gasteiger partial charge is 0.288 e. The molecule has 0 atom stereocenters. The average molecular weight is 599 g/mol. The van der Waals surface area contributed by atoms with Crippen LogP contribution in [0.15, 0.2) is 35.1 Å². The Morgan fingerprint density at radius 2 is 2.07 bits per heavy atom. The second-order valence-corrected chi connectivity index (χ2v) is 9.75. The number of benzene rings is 1. The zero-order valence-corrected chi connectivity index (χ0v) is 19.6. The van der Waals surface area contributed by atoms with Gasteiger partial charge in [0.2, 0.25) is 5.78 Å². The molecule has 0 spiro atoms. The first kappa shape index (κ1) is 22.1. The number of hydrogen-bond donors (Lipinski definition) is 1. The van der Waals surface area contributed by atoms with Crippen LogP contribution in [0.1, 0.15) is 22.8 Å². The van der Waals surface area contributed by atoms with E-state index in [9.17, 15) is 17.6 Å². The second kappa shape index (κ2) is 8.24. The van der Waals surface area contributed by atoms with Gasteiger partial charge in [-0.15, -0.1) is 0 Å². The predicted octanol–water partition coefficient (Wildman–Crippen LogP) is 4.11. The molecule has 7 nitrogen and oxygen atoms in total. The zero-order chi connectivity index (χ0) is 21.5. The van der Waals surface area contributed by atoms with Crippen molar-refractivity contribution < 1.29 is 22.0 Å². The number of carbonyl (C=O) groups is 1. The van der Waals surface area contributed by atoms with Crippen molar-refractivity contribution in [3.05, 3.63) is 57.8 Å². The molecule has 0 amide bonds. The normalized spacial score (nSPS) is 12.0. The van der Waals surface area contributed by atoms with Crippen LogP contribution < -0.4 is 4.72 Å². The summed E-state index contributed by atoms with van der Waals surface area (Å²) in [4.78, 5) is 17.2. The van der Waals surface area contributed by atoms with Crippen molar-refractivity contribution in [1.29, 1.82) is 0 Å². The van der Waals surface area contributed by atoms with E-state index in [1.165, 1.54) is 22.2 Å². The van der Waals surface area contributed by atoms with Gasteiger partial charge in [0.15, 0.2) is 5.82 Å². The van der Waals surface area contributed by atoms with Gasteiger partial charge in [-0.05, 0) is 34.1 Å². The van der Waals surface area contributed by atoms with Crippen LogP contribution in [-0.4, -0.2) is 39.9 Å². The second-order valence-electron chi connectivity index (χ2n) is 6.01. The van der Waals surface area contributed by atoms with Gasteiger partial charge >= 0.3 is 10.2 Å². The first-order chi connectivity index (χ1) is 13.6. The number of ketones is 1. The summed E-state index contributed by atoms with van der Waals surface area (Å²) < 4.78 is 58.9. The van der Waals surface area contributed by atoms with Crippen molar-refractivity contribution in [2.45, 2.75) is 6.92 Å². The van der Waals surface area contributed by atoms with Gasteiger partial charge in [0.1, 0.15) is 11.5 Å². The van der Waals surface area contributed by atoms with Crippen LogP contribution in [0.2, 0.25) is 0 Å². The molecule has 0 saturated heterocycles. The molecule has 12 heteroatoms. The van der Waals surface area contributed by atoms with E-state index in [0.717, 1.165) is 16.4 Å². The van der Waals surface area contributed by atoms with Gasteiger partial charge in [-0.2, -0.15) is 12.7 Å². The molecule has 0 fully saturated rings. The van der Waals surface area contributed by atoms with Crippen molar-refractivity contribution in [3.8, 4) is 0 Å². The monoisotopic (exact) mass is 598 g/mol. The van der Waals surface area contributed by atoms with Crippen LogP contribution >= 0.6 is 38.8 Å². The summed E-state index contributed by atoms with van der Waals surface area (Å²) in [5.74, 6) is -3.32. The first-order valence-corrected chi connectivity index (χ1v) is 11.4. The topological polar surface area (TPSA) is 84.3 Å². The van der Waals surface area contributed by atoms with Crippen molar-refractivity contribution in [2.24, 2.45) is 0 Å². The minimum Gasteiger partial charge on any atom is -0.288 e. The maximum absolute atomic E-state index is 15.0. The molecule has 3 aromatic rings. The lowest BCUT2D eigenvalue weighted by atomic mass is 10.0. The molecule has 0 radical (unpaired) electrons. The first-order valence-electron chi connectivity index (χ1n) is 8.16. The SMILES string of the molecule is CCN(C)S(=O)(=O)Nc1ccc(F)c(C(=O)c2cn(I)c3ncc(Br)cc23)c1F. The molecule has 0 aliphatic carbocycles. The molecule has 0 bridgehead atoms. The van der Waals surface area contributed by atoms with Gasteiger partial charge in [0.25, 0.3) is 0 Å². The lowest BCUT2D eigenvalue weighted by Gasteiger charge is -2.17. The molecule has 1 N–H and O–H groups in total. The summed E-state index contributed by atoms with van der Waals surface area (Å²) >= 11 is 5.16. The Morgan fingerprint density at radius 1 is 1.38 bits per heavy atom. The number of fused-ring (bicyclic) bond motifs is 1. The molecule has 0 unspecified atom stereocenters. The van der Waals surface area contributed by atoms with Gasteiger partial charge in [-0.3, -0.25) is 12.3 Å². The fraction of sp³-hybridized carbons (Fsp3) is 0.176. The Hall–Kier alpha value is -1.64. The Balaban J connectivity index is 2.13. The molecular weight excluding hydrogens is 585 g/mol. The van der Waals surface area contributed by atoms with Crippen molar-refractivity contribution in [2.75, 3.05) is 18.3 Å². The van der Waals surface area contributed by atoms with Crippen molar-refractivity contribution in [3.63, 3.8) is 0 Å². The molecule has 154 valence electrons. The van der Waals surface area contributed by atoms with Gasteiger partial charge in [-0.25, -0.2) is 13.8 Å². The summed E-state index contributed by atoms with van der Waals surface area (Å²) in [6, 6.07) is 3.39. The van der Waals surface area contributed by atoms with E-state index in [4.69, 9.17) is 0 Å². The highest BCUT2D eigenvalue weighted by Crippen LogP contribution is 2.30. The van der Waals surface area contributed by atoms with Crippen LogP contribution in [-0.2, 0) is 10.2 Å². The average Bonchev–Trinajstić information content (AvgIpc) is 2.99. The molecule has 29 heavy (non-hydrogen) atoms. The van der Waals surface area contributed by atoms with E-state index in [1.54, 1.807) is 13.0 Å². The molecular formula is C17H14BrF2IN4O3S. The predicted molar refractivity (Wildman–Crippen MR) is 117 cm³/mol. The number of hydrogen-bond acceptors (Lipinski definition) is 4. The molecule has 0 aliphatic heterocycles. The number of nitrogens with one attached hydrogen (secondary N) is 1. The third-order valence-electron chi connectivity index (χ3n) is 4.23. The quantitative estimate of drug-likeness (QED) is 0.342. The van der Waals surface area contributed by atoms with Crippen LogP contribution in [0, 0.1) is 11.6 Å². The van der Waals surface area contributed by atoms with E-state index < -0.39 is 38.9 Å². The van der Waals surface area contributed by atoms with Crippen LogP contribution in [0.5, 0.6) is 0 Å². The number of aromatic nitrogens is 2. The maximum atomic E-state index is 15.0. The third-order valence-corrected chi connectivity index (χ3v) is 6.95. The van der Waals surface area contributed by atoms with E-state index in [0.29, 0.717) is 15.5 Å². The highest BCUT2D eigenvalue weighted by molar-refractivity contribution is 14.1. The summed E-state index contributed by atoms with van der Waals surface area (Å²) in [5.41, 5.74) is -0.896. The van der Waals surface area contributed by atoms with Gasteiger partial charge in [0, 0.05) is 35.8 Å². The zero-order valence-electron chi connectivity index (χ0n) is 15.1. The molecule has 0 saturated carbocycles. The van der Waals surface area contributed by atoms with Gasteiger partial charge in [0.05, 0.1) is 39.7 Å². The Bertz CT molecular complexity index is 1230. The Kier molecular flexibility index (Phi) is 6.27. The van der Waals surface area contributed by atoms with E-state index >= 15 is 4.39 Å². The Labute approximate surface area is 187 Å². The Morgan fingerprint density at radius 3 is 2.72 bits per heavy atom. The molecule has 2 aromatic heterocycles. The number of carbonyl (C=O) groups excluding carboxylic acids is 1. The molecule has 2 heterocycles. The molecule has 3 rings (SSSR count). The van der Waals surface area contributed by atoms with Crippen molar-refractivity contribution >= 4 is 71.5 Å². The standard InChI is InChI=1S/C17H14BrF2IN4O3S/c1-3-24(2)29(27,28)23-13-5-4-12(19)14(15(13)20)16(26)11-8-25(21)17-10(11)6-9(18)7-22-17/h4-8,23H,3H2,1-2H3. The highest BCUT2D eigenvalue weighted by Gasteiger charge is 2.27. The van der Waals surface area contributed by atoms with Crippen LogP contribution in [0.3, 0.4) is 0 Å².